The SMILES string of the molecule is O=C1CC2(CCCN(Cc3ccccc3)C2)Sc2ccccc21. The highest BCUT2D eigenvalue weighted by molar-refractivity contribution is 8.01. The third-order valence-electron chi connectivity index (χ3n) is 4.86. The van der Waals surface area contributed by atoms with Gasteiger partial charge in [0.05, 0.1) is 0 Å². The van der Waals surface area contributed by atoms with Gasteiger partial charge in [-0.2, -0.15) is 0 Å². The minimum atomic E-state index is 0.0679. The van der Waals surface area contributed by atoms with Crippen LogP contribution in [0, 0.1) is 0 Å². The number of hydrogen-bond donors (Lipinski definition) is 0. The fraction of sp³-hybridized carbons (Fsp3) is 0.350. The Hall–Kier alpha value is -1.58. The first kappa shape index (κ1) is 15.0. The van der Waals surface area contributed by atoms with Gasteiger partial charge in [0.25, 0.3) is 0 Å². The third-order valence-corrected chi connectivity index (χ3v) is 6.35. The van der Waals surface area contributed by atoms with Crippen LogP contribution in [0.2, 0.25) is 0 Å². The molecule has 1 unspecified atom stereocenters. The number of likely N-dealkylation sites (tertiary alicyclic amines) is 1. The lowest BCUT2D eigenvalue weighted by molar-refractivity contribution is 0.0927. The van der Waals surface area contributed by atoms with Crippen LogP contribution in [0.15, 0.2) is 59.5 Å². The molecule has 2 nitrogen and oxygen atoms in total. The molecule has 3 heteroatoms. The molecule has 0 aliphatic carbocycles. The number of carbonyl (C=O) groups is 1. The van der Waals surface area contributed by atoms with Crippen molar-refractivity contribution in [2.24, 2.45) is 0 Å². The van der Waals surface area contributed by atoms with Crippen molar-refractivity contribution in [1.82, 2.24) is 4.90 Å². The van der Waals surface area contributed by atoms with E-state index in [-0.39, 0.29) is 4.75 Å². The third kappa shape index (κ3) is 3.08. The van der Waals surface area contributed by atoms with E-state index in [1.54, 1.807) is 0 Å². The molecule has 118 valence electrons. The lowest BCUT2D eigenvalue weighted by atomic mass is 9.89. The van der Waals surface area contributed by atoms with E-state index in [1.807, 2.05) is 30.0 Å². The van der Waals surface area contributed by atoms with Gasteiger partial charge in [0.1, 0.15) is 0 Å². The quantitative estimate of drug-likeness (QED) is 0.817. The summed E-state index contributed by atoms with van der Waals surface area (Å²) in [6.45, 7) is 3.12. The Morgan fingerprint density at radius 3 is 2.70 bits per heavy atom. The highest BCUT2D eigenvalue weighted by atomic mass is 32.2. The molecule has 0 bridgehead atoms. The summed E-state index contributed by atoms with van der Waals surface area (Å²) in [7, 11) is 0. The van der Waals surface area contributed by atoms with Crippen LogP contribution in [-0.2, 0) is 6.54 Å². The number of thioether (sulfide) groups is 1. The fourth-order valence-electron chi connectivity index (χ4n) is 3.84. The molecular formula is C20H21NOS. The van der Waals surface area contributed by atoms with Gasteiger partial charge in [-0.25, -0.2) is 0 Å². The molecule has 2 aliphatic heterocycles. The van der Waals surface area contributed by atoms with Gasteiger partial charge in [0, 0.05) is 34.7 Å². The number of piperidine rings is 1. The summed E-state index contributed by atoms with van der Waals surface area (Å²) >= 11 is 1.94. The Morgan fingerprint density at radius 2 is 1.83 bits per heavy atom. The number of nitrogens with zero attached hydrogens (tertiary/aromatic N) is 1. The van der Waals surface area contributed by atoms with Crippen LogP contribution in [0.3, 0.4) is 0 Å². The zero-order valence-electron chi connectivity index (χ0n) is 13.2. The molecule has 2 aromatic carbocycles. The molecule has 0 radical (unpaired) electrons. The van der Waals surface area contributed by atoms with Crippen molar-refractivity contribution < 1.29 is 4.79 Å². The van der Waals surface area contributed by atoms with Crippen LogP contribution in [0.1, 0.15) is 35.2 Å². The van der Waals surface area contributed by atoms with Crippen LogP contribution in [0.5, 0.6) is 0 Å². The number of benzene rings is 2. The average Bonchev–Trinajstić information content (AvgIpc) is 2.56. The predicted molar refractivity (Wildman–Crippen MR) is 94.9 cm³/mol. The molecule has 0 saturated carbocycles. The first-order valence-electron chi connectivity index (χ1n) is 8.32. The van der Waals surface area contributed by atoms with E-state index in [2.05, 4.69) is 41.3 Å². The second kappa shape index (κ2) is 6.14. The average molecular weight is 323 g/mol. The van der Waals surface area contributed by atoms with E-state index < -0.39 is 0 Å². The summed E-state index contributed by atoms with van der Waals surface area (Å²) in [5.74, 6) is 0.320. The molecule has 2 aromatic rings. The zero-order valence-corrected chi connectivity index (χ0v) is 14.0. The van der Waals surface area contributed by atoms with Gasteiger partial charge in [-0.3, -0.25) is 9.69 Å². The van der Waals surface area contributed by atoms with Crippen LogP contribution >= 0.6 is 11.8 Å². The predicted octanol–water partition coefficient (Wildman–Crippen LogP) is 4.40. The first-order chi connectivity index (χ1) is 11.2. The van der Waals surface area contributed by atoms with Crippen molar-refractivity contribution in [3.05, 3.63) is 65.7 Å². The number of fused-ring (bicyclic) bond motifs is 1. The Bertz CT molecular complexity index is 715. The Balaban J connectivity index is 1.54. The summed E-state index contributed by atoms with van der Waals surface area (Å²) in [5, 5.41) is 0. The molecule has 1 fully saturated rings. The monoisotopic (exact) mass is 323 g/mol. The highest BCUT2D eigenvalue weighted by Gasteiger charge is 2.42. The topological polar surface area (TPSA) is 20.3 Å². The van der Waals surface area contributed by atoms with Crippen molar-refractivity contribution in [2.45, 2.75) is 35.4 Å². The summed E-state index contributed by atoms with van der Waals surface area (Å²) in [6.07, 6.45) is 3.00. The van der Waals surface area contributed by atoms with Gasteiger partial charge in [0.2, 0.25) is 0 Å². The largest absolute Gasteiger partial charge is 0.298 e. The van der Waals surface area contributed by atoms with Crippen LogP contribution < -0.4 is 0 Å². The van der Waals surface area contributed by atoms with Crippen molar-refractivity contribution >= 4 is 17.5 Å². The first-order valence-corrected chi connectivity index (χ1v) is 9.13. The van der Waals surface area contributed by atoms with E-state index in [1.165, 1.54) is 16.9 Å². The van der Waals surface area contributed by atoms with Gasteiger partial charge < -0.3 is 0 Å². The molecular weight excluding hydrogens is 302 g/mol. The standard InChI is InChI=1S/C20H21NOS/c22-18-13-20(23-19-10-5-4-9-17(18)19)11-6-12-21(15-20)14-16-7-2-1-3-8-16/h1-5,7-10H,6,11-15H2. The van der Waals surface area contributed by atoms with Gasteiger partial charge in [0.15, 0.2) is 5.78 Å². The molecule has 2 heterocycles. The Labute approximate surface area is 141 Å². The Kier molecular flexibility index (Phi) is 4.00. The van der Waals surface area contributed by atoms with Gasteiger partial charge in [-0.15, -0.1) is 11.8 Å². The summed E-state index contributed by atoms with van der Waals surface area (Å²) in [6, 6.07) is 18.7. The number of hydrogen-bond acceptors (Lipinski definition) is 3. The van der Waals surface area contributed by atoms with Crippen molar-refractivity contribution in [2.75, 3.05) is 13.1 Å². The number of carbonyl (C=O) groups excluding carboxylic acids is 1. The normalized spacial score (nSPS) is 24.6. The summed E-state index contributed by atoms with van der Waals surface area (Å²) < 4.78 is 0.0679. The molecule has 23 heavy (non-hydrogen) atoms. The lowest BCUT2D eigenvalue weighted by Crippen LogP contribution is -2.48. The molecule has 1 saturated heterocycles. The molecule has 2 aliphatic rings. The molecule has 0 N–H and O–H groups in total. The van der Waals surface area contributed by atoms with E-state index in [9.17, 15) is 4.79 Å². The number of Topliss-reactive ketones (excluding diaryl/α,β-unsaturated/α-hetero) is 1. The minimum Gasteiger partial charge on any atom is -0.298 e. The number of rotatable bonds is 2. The maximum absolute atomic E-state index is 12.6. The summed E-state index contributed by atoms with van der Waals surface area (Å²) in [4.78, 5) is 16.3. The molecule has 1 spiro atoms. The fourth-order valence-corrected chi connectivity index (χ4v) is 5.44. The van der Waals surface area contributed by atoms with Gasteiger partial charge in [-0.1, -0.05) is 48.5 Å². The molecule has 1 atom stereocenters. The van der Waals surface area contributed by atoms with Crippen molar-refractivity contribution in [3.63, 3.8) is 0 Å². The van der Waals surface area contributed by atoms with E-state index >= 15 is 0 Å². The van der Waals surface area contributed by atoms with Gasteiger partial charge in [-0.05, 0) is 31.0 Å². The zero-order chi connectivity index (χ0) is 15.7. The maximum Gasteiger partial charge on any atom is 0.165 e. The van der Waals surface area contributed by atoms with E-state index in [0.29, 0.717) is 12.2 Å². The van der Waals surface area contributed by atoms with E-state index in [0.717, 1.165) is 31.6 Å². The second-order valence-corrected chi connectivity index (χ2v) is 8.19. The van der Waals surface area contributed by atoms with Crippen LogP contribution in [-0.4, -0.2) is 28.5 Å². The summed E-state index contributed by atoms with van der Waals surface area (Å²) in [5.41, 5.74) is 2.28. The lowest BCUT2D eigenvalue weighted by Gasteiger charge is -2.44. The van der Waals surface area contributed by atoms with Crippen molar-refractivity contribution in [3.8, 4) is 0 Å². The highest BCUT2D eigenvalue weighted by Crippen LogP contribution is 2.47. The maximum atomic E-state index is 12.6. The molecule has 4 rings (SSSR count). The minimum absolute atomic E-state index is 0.0679. The second-order valence-electron chi connectivity index (χ2n) is 6.68. The Morgan fingerprint density at radius 1 is 1.04 bits per heavy atom. The smallest absolute Gasteiger partial charge is 0.165 e. The van der Waals surface area contributed by atoms with E-state index in [4.69, 9.17) is 0 Å². The molecule has 0 amide bonds. The van der Waals surface area contributed by atoms with Crippen molar-refractivity contribution in [1.29, 1.82) is 0 Å². The number of ketones is 1. The van der Waals surface area contributed by atoms with Crippen LogP contribution in [0.25, 0.3) is 0 Å². The van der Waals surface area contributed by atoms with Crippen LogP contribution in [0.4, 0.5) is 0 Å². The van der Waals surface area contributed by atoms with Gasteiger partial charge >= 0.3 is 0 Å². The molecule has 0 aromatic heterocycles.